The maximum atomic E-state index is 3.43. The molecule has 1 N–H and O–H groups in total. The fraction of sp³-hybridized carbons (Fsp3) is 1.00. The topological polar surface area (TPSA) is 15.3 Å². The van der Waals surface area contributed by atoms with Gasteiger partial charge in [-0.3, -0.25) is 0 Å². The molecule has 0 aliphatic carbocycles. The third kappa shape index (κ3) is 6.39. The number of hydrogen-bond donors (Lipinski definition) is 1. The molecule has 0 aromatic carbocycles. The Morgan fingerprint density at radius 1 is 1.14 bits per heavy atom. The molecule has 0 aromatic rings. The van der Waals surface area contributed by atoms with Crippen LogP contribution in [0.2, 0.25) is 0 Å². The summed E-state index contributed by atoms with van der Waals surface area (Å²) >= 11 is 0. The molecule has 2 nitrogen and oxygen atoms in total. The summed E-state index contributed by atoms with van der Waals surface area (Å²) in [6.45, 7) is 10.2. The minimum absolute atomic E-state index is 0.715. The lowest BCUT2D eigenvalue weighted by Gasteiger charge is -2.27. The van der Waals surface area contributed by atoms with E-state index in [0.717, 1.165) is 13.1 Å². The average molecular weight is 200 g/mol. The van der Waals surface area contributed by atoms with Gasteiger partial charge in [-0.25, -0.2) is 0 Å². The van der Waals surface area contributed by atoms with E-state index in [-0.39, 0.29) is 0 Å². The summed E-state index contributed by atoms with van der Waals surface area (Å²) in [5.74, 6) is 0. The minimum Gasteiger partial charge on any atom is -0.315 e. The van der Waals surface area contributed by atoms with Crippen molar-refractivity contribution in [3.63, 3.8) is 0 Å². The highest BCUT2D eigenvalue weighted by Crippen LogP contribution is 2.03. The third-order valence-electron chi connectivity index (χ3n) is 2.84. The standard InChI is InChI=1S/C12H28N2/c1-5-8-9-10-14(4)12(6-2)11-13-7-3/h12-13H,5-11H2,1-4H3. The van der Waals surface area contributed by atoms with Crippen molar-refractivity contribution in [2.45, 2.75) is 52.5 Å². The molecule has 0 heterocycles. The number of nitrogens with zero attached hydrogens (tertiary/aromatic N) is 1. The van der Waals surface area contributed by atoms with Crippen molar-refractivity contribution in [3.05, 3.63) is 0 Å². The van der Waals surface area contributed by atoms with Crippen LogP contribution < -0.4 is 5.32 Å². The highest BCUT2D eigenvalue weighted by atomic mass is 15.1. The first-order chi connectivity index (χ1) is 6.76. The molecule has 0 aromatic heterocycles. The van der Waals surface area contributed by atoms with Gasteiger partial charge in [-0.1, -0.05) is 33.6 Å². The van der Waals surface area contributed by atoms with Crippen molar-refractivity contribution in [3.8, 4) is 0 Å². The van der Waals surface area contributed by atoms with Crippen molar-refractivity contribution in [2.75, 3.05) is 26.7 Å². The Bertz CT molecular complexity index is 115. The van der Waals surface area contributed by atoms with Crippen LogP contribution in [0.5, 0.6) is 0 Å². The van der Waals surface area contributed by atoms with Crippen LogP contribution in [0.1, 0.15) is 46.5 Å². The van der Waals surface area contributed by atoms with Gasteiger partial charge in [0.15, 0.2) is 0 Å². The molecule has 0 aliphatic heterocycles. The summed E-state index contributed by atoms with van der Waals surface area (Å²) in [6, 6.07) is 0.715. The van der Waals surface area contributed by atoms with E-state index in [4.69, 9.17) is 0 Å². The minimum atomic E-state index is 0.715. The van der Waals surface area contributed by atoms with Crippen molar-refractivity contribution in [2.24, 2.45) is 0 Å². The Kier molecular flexibility index (Phi) is 9.42. The SMILES string of the molecule is CCCCCN(C)C(CC)CNCC. The summed E-state index contributed by atoms with van der Waals surface area (Å²) in [4.78, 5) is 2.50. The van der Waals surface area contributed by atoms with E-state index < -0.39 is 0 Å². The number of rotatable bonds is 9. The van der Waals surface area contributed by atoms with E-state index in [1.165, 1.54) is 32.2 Å². The highest BCUT2D eigenvalue weighted by Gasteiger charge is 2.10. The molecule has 1 atom stereocenters. The van der Waals surface area contributed by atoms with Crippen LogP contribution in [0.25, 0.3) is 0 Å². The fourth-order valence-electron chi connectivity index (χ4n) is 1.72. The average Bonchev–Trinajstić information content (AvgIpc) is 2.19. The molecule has 0 saturated heterocycles. The molecule has 0 rings (SSSR count). The van der Waals surface area contributed by atoms with Gasteiger partial charge in [0.05, 0.1) is 0 Å². The largest absolute Gasteiger partial charge is 0.315 e. The monoisotopic (exact) mass is 200 g/mol. The third-order valence-corrected chi connectivity index (χ3v) is 2.84. The van der Waals surface area contributed by atoms with E-state index in [9.17, 15) is 0 Å². The van der Waals surface area contributed by atoms with E-state index in [1.54, 1.807) is 0 Å². The molecular weight excluding hydrogens is 172 g/mol. The lowest BCUT2D eigenvalue weighted by molar-refractivity contribution is 0.226. The molecule has 0 amide bonds. The van der Waals surface area contributed by atoms with Crippen LogP contribution in [0.3, 0.4) is 0 Å². The fourth-order valence-corrected chi connectivity index (χ4v) is 1.72. The summed E-state index contributed by atoms with van der Waals surface area (Å²) in [5, 5.41) is 3.43. The molecule has 0 bridgehead atoms. The number of unbranched alkanes of at least 4 members (excludes halogenated alkanes) is 2. The molecule has 0 saturated carbocycles. The maximum Gasteiger partial charge on any atom is 0.0214 e. The zero-order valence-corrected chi connectivity index (χ0v) is 10.5. The maximum absolute atomic E-state index is 3.43. The quantitative estimate of drug-likeness (QED) is 0.575. The smallest absolute Gasteiger partial charge is 0.0214 e. The Morgan fingerprint density at radius 3 is 2.36 bits per heavy atom. The second-order valence-electron chi connectivity index (χ2n) is 4.06. The van der Waals surface area contributed by atoms with Crippen LogP contribution >= 0.6 is 0 Å². The molecule has 14 heavy (non-hydrogen) atoms. The Hall–Kier alpha value is -0.0800. The predicted molar refractivity (Wildman–Crippen MR) is 64.8 cm³/mol. The van der Waals surface area contributed by atoms with Gasteiger partial charge >= 0.3 is 0 Å². The molecule has 0 aliphatic rings. The molecule has 1 unspecified atom stereocenters. The highest BCUT2D eigenvalue weighted by molar-refractivity contribution is 4.69. The second kappa shape index (κ2) is 9.47. The lowest BCUT2D eigenvalue weighted by Crippen LogP contribution is -2.40. The Morgan fingerprint density at radius 2 is 1.86 bits per heavy atom. The molecular formula is C12H28N2. The normalized spacial score (nSPS) is 13.5. The Labute approximate surface area is 90.1 Å². The van der Waals surface area contributed by atoms with Crippen molar-refractivity contribution < 1.29 is 0 Å². The van der Waals surface area contributed by atoms with Gasteiger partial charge in [-0.2, -0.15) is 0 Å². The summed E-state index contributed by atoms with van der Waals surface area (Å²) in [5.41, 5.74) is 0. The van der Waals surface area contributed by atoms with Gasteiger partial charge < -0.3 is 10.2 Å². The van der Waals surface area contributed by atoms with Gasteiger partial charge in [-0.15, -0.1) is 0 Å². The van der Waals surface area contributed by atoms with Crippen LogP contribution in [0.15, 0.2) is 0 Å². The number of nitrogens with one attached hydrogen (secondary N) is 1. The second-order valence-corrected chi connectivity index (χ2v) is 4.06. The summed E-state index contributed by atoms with van der Waals surface area (Å²) < 4.78 is 0. The zero-order chi connectivity index (χ0) is 10.8. The molecule has 0 radical (unpaired) electrons. The van der Waals surface area contributed by atoms with Crippen LogP contribution in [-0.2, 0) is 0 Å². The zero-order valence-electron chi connectivity index (χ0n) is 10.5. The molecule has 0 spiro atoms. The van der Waals surface area contributed by atoms with Crippen LogP contribution in [0.4, 0.5) is 0 Å². The summed E-state index contributed by atoms with van der Waals surface area (Å²) in [6.07, 6.45) is 5.27. The van der Waals surface area contributed by atoms with E-state index in [0.29, 0.717) is 6.04 Å². The van der Waals surface area contributed by atoms with E-state index >= 15 is 0 Å². The first-order valence-electron chi connectivity index (χ1n) is 6.17. The van der Waals surface area contributed by atoms with Gasteiger partial charge in [0.2, 0.25) is 0 Å². The van der Waals surface area contributed by atoms with Crippen LogP contribution in [0, 0.1) is 0 Å². The lowest BCUT2D eigenvalue weighted by atomic mass is 10.1. The van der Waals surface area contributed by atoms with Crippen LogP contribution in [-0.4, -0.2) is 37.6 Å². The predicted octanol–water partition coefficient (Wildman–Crippen LogP) is 2.50. The van der Waals surface area contributed by atoms with E-state index in [2.05, 4.69) is 38.0 Å². The van der Waals surface area contributed by atoms with E-state index in [1.807, 2.05) is 0 Å². The Balaban J connectivity index is 3.61. The first-order valence-corrected chi connectivity index (χ1v) is 6.17. The van der Waals surface area contributed by atoms with Gasteiger partial charge in [0.25, 0.3) is 0 Å². The molecule has 0 fully saturated rings. The van der Waals surface area contributed by atoms with Crippen molar-refractivity contribution in [1.82, 2.24) is 10.2 Å². The number of hydrogen-bond acceptors (Lipinski definition) is 2. The van der Waals surface area contributed by atoms with Gasteiger partial charge in [0, 0.05) is 12.6 Å². The van der Waals surface area contributed by atoms with Crippen molar-refractivity contribution in [1.29, 1.82) is 0 Å². The van der Waals surface area contributed by atoms with Crippen molar-refractivity contribution >= 4 is 0 Å². The number of likely N-dealkylation sites (N-methyl/N-ethyl adjacent to an activating group) is 2. The van der Waals surface area contributed by atoms with Gasteiger partial charge in [0.1, 0.15) is 0 Å². The molecule has 2 heteroatoms. The summed E-state index contributed by atoms with van der Waals surface area (Å²) in [7, 11) is 2.25. The molecule has 86 valence electrons. The first kappa shape index (κ1) is 13.9. The van der Waals surface area contributed by atoms with Gasteiger partial charge in [-0.05, 0) is 33.0 Å².